The summed E-state index contributed by atoms with van der Waals surface area (Å²) in [7, 11) is 1.56. The molecular formula is C7H9BrN2O. The first-order chi connectivity index (χ1) is 5.15. The number of hydrogen-bond donors (Lipinski definition) is 1. The van der Waals surface area contributed by atoms with Gasteiger partial charge in [0.2, 0.25) is 0 Å². The number of rotatable bonds is 1. The normalized spacial score (nSPS) is 9.73. The van der Waals surface area contributed by atoms with E-state index >= 15 is 0 Å². The Kier molecular flexibility index (Phi) is 2.34. The van der Waals surface area contributed by atoms with Crippen molar-refractivity contribution in [3.63, 3.8) is 0 Å². The number of halogens is 1. The summed E-state index contributed by atoms with van der Waals surface area (Å²) in [5.41, 5.74) is 6.44. The van der Waals surface area contributed by atoms with Gasteiger partial charge in [0.05, 0.1) is 11.6 Å². The number of ether oxygens (including phenoxy) is 1. The minimum Gasteiger partial charge on any atom is -0.492 e. The SMILES string of the molecule is COc1c(Br)cc(C)nc1N. The van der Waals surface area contributed by atoms with Crippen molar-refractivity contribution in [3.05, 3.63) is 16.2 Å². The van der Waals surface area contributed by atoms with Crippen molar-refractivity contribution in [2.45, 2.75) is 6.92 Å². The minimum atomic E-state index is 0.416. The molecule has 0 fully saturated rings. The number of nitrogen functional groups attached to an aromatic ring is 1. The summed E-state index contributed by atoms with van der Waals surface area (Å²) in [5, 5.41) is 0. The summed E-state index contributed by atoms with van der Waals surface area (Å²) in [5.74, 6) is 1.01. The first-order valence-corrected chi connectivity index (χ1v) is 3.91. The number of aromatic nitrogens is 1. The summed E-state index contributed by atoms with van der Waals surface area (Å²) < 4.78 is 5.83. The summed E-state index contributed by atoms with van der Waals surface area (Å²) in [6.45, 7) is 1.88. The van der Waals surface area contributed by atoms with Crippen molar-refractivity contribution in [2.75, 3.05) is 12.8 Å². The smallest absolute Gasteiger partial charge is 0.175 e. The second-order valence-corrected chi connectivity index (χ2v) is 3.02. The van der Waals surface area contributed by atoms with Gasteiger partial charge in [-0.15, -0.1) is 0 Å². The van der Waals surface area contributed by atoms with Gasteiger partial charge in [-0.3, -0.25) is 0 Å². The maximum absolute atomic E-state index is 5.57. The van der Waals surface area contributed by atoms with Gasteiger partial charge in [0.25, 0.3) is 0 Å². The Morgan fingerprint density at radius 1 is 1.64 bits per heavy atom. The third-order valence-electron chi connectivity index (χ3n) is 1.29. The molecule has 0 unspecified atom stereocenters. The zero-order chi connectivity index (χ0) is 8.43. The van der Waals surface area contributed by atoms with E-state index in [0.29, 0.717) is 11.6 Å². The predicted octanol–water partition coefficient (Wildman–Crippen LogP) is 1.74. The summed E-state index contributed by atoms with van der Waals surface area (Å²) in [6.07, 6.45) is 0. The van der Waals surface area contributed by atoms with Gasteiger partial charge < -0.3 is 10.5 Å². The van der Waals surface area contributed by atoms with Crippen LogP contribution in [0, 0.1) is 6.92 Å². The van der Waals surface area contributed by atoms with E-state index in [0.717, 1.165) is 10.2 Å². The van der Waals surface area contributed by atoms with Crippen LogP contribution in [-0.2, 0) is 0 Å². The van der Waals surface area contributed by atoms with Gasteiger partial charge in [0, 0.05) is 5.69 Å². The highest BCUT2D eigenvalue weighted by Gasteiger charge is 2.05. The lowest BCUT2D eigenvalue weighted by atomic mass is 10.3. The zero-order valence-electron chi connectivity index (χ0n) is 6.39. The van der Waals surface area contributed by atoms with Crippen molar-refractivity contribution in [1.29, 1.82) is 0 Å². The summed E-state index contributed by atoms with van der Waals surface area (Å²) in [4.78, 5) is 4.03. The molecule has 0 radical (unpaired) electrons. The number of methoxy groups -OCH3 is 1. The summed E-state index contributed by atoms with van der Waals surface area (Å²) in [6, 6.07) is 1.86. The zero-order valence-corrected chi connectivity index (χ0v) is 7.97. The molecule has 4 heteroatoms. The van der Waals surface area contributed by atoms with Gasteiger partial charge in [0.15, 0.2) is 11.6 Å². The van der Waals surface area contributed by atoms with Crippen LogP contribution in [0.5, 0.6) is 5.75 Å². The molecule has 0 atom stereocenters. The summed E-state index contributed by atoms with van der Waals surface area (Å²) >= 11 is 3.31. The fraction of sp³-hybridized carbons (Fsp3) is 0.286. The Morgan fingerprint density at radius 3 is 2.73 bits per heavy atom. The highest BCUT2D eigenvalue weighted by molar-refractivity contribution is 9.10. The molecular weight excluding hydrogens is 208 g/mol. The predicted molar refractivity (Wildman–Crippen MR) is 47.6 cm³/mol. The average molecular weight is 217 g/mol. The van der Waals surface area contributed by atoms with Crippen LogP contribution in [0.25, 0.3) is 0 Å². The fourth-order valence-corrected chi connectivity index (χ4v) is 1.54. The van der Waals surface area contributed by atoms with E-state index in [9.17, 15) is 0 Å². The van der Waals surface area contributed by atoms with Gasteiger partial charge in [-0.05, 0) is 28.9 Å². The van der Waals surface area contributed by atoms with Crippen molar-refractivity contribution in [3.8, 4) is 5.75 Å². The second kappa shape index (κ2) is 3.09. The van der Waals surface area contributed by atoms with Crippen LogP contribution < -0.4 is 10.5 Å². The first kappa shape index (κ1) is 8.33. The van der Waals surface area contributed by atoms with Gasteiger partial charge >= 0.3 is 0 Å². The lowest BCUT2D eigenvalue weighted by Crippen LogP contribution is -1.97. The van der Waals surface area contributed by atoms with E-state index in [1.165, 1.54) is 0 Å². The fourth-order valence-electron chi connectivity index (χ4n) is 0.846. The molecule has 0 aromatic carbocycles. The number of aryl methyl sites for hydroxylation is 1. The van der Waals surface area contributed by atoms with Crippen molar-refractivity contribution < 1.29 is 4.74 Å². The number of nitrogens with zero attached hydrogens (tertiary/aromatic N) is 1. The van der Waals surface area contributed by atoms with E-state index in [1.807, 2.05) is 13.0 Å². The Balaban J connectivity index is 3.25. The third-order valence-corrected chi connectivity index (χ3v) is 1.88. The van der Waals surface area contributed by atoms with E-state index in [2.05, 4.69) is 20.9 Å². The molecule has 1 rings (SSSR count). The number of hydrogen-bond acceptors (Lipinski definition) is 3. The monoisotopic (exact) mass is 216 g/mol. The van der Waals surface area contributed by atoms with Crippen molar-refractivity contribution >= 4 is 21.7 Å². The quantitative estimate of drug-likeness (QED) is 0.779. The van der Waals surface area contributed by atoms with Crippen LogP contribution in [0.4, 0.5) is 5.82 Å². The molecule has 0 aliphatic heterocycles. The Morgan fingerprint density at radius 2 is 2.27 bits per heavy atom. The Bertz CT molecular complexity index is 252. The number of anilines is 1. The third kappa shape index (κ3) is 1.63. The highest BCUT2D eigenvalue weighted by atomic mass is 79.9. The van der Waals surface area contributed by atoms with Crippen LogP contribution in [-0.4, -0.2) is 12.1 Å². The standard InChI is InChI=1S/C7H9BrN2O/c1-4-3-5(8)6(11-2)7(9)10-4/h3H,1-2H3,(H2,9,10). The molecule has 3 nitrogen and oxygen atoms in total. The molecule has 1 heterocycles. The molecule has 0 amide bonds. The van der Waals surface area contributed by atoms with Gasteiger partial charge in [-0.25, -0.2) is 4.98 Å². The average Bonchev–Trinajstić information content (AvgIpc) is 1.85. The molecule has 0 aliphatic rings. The van der Waals surface area contributed by atoms with Crippen LogP contribution in [0.15, 0.2) is 10.5 Å². The number of pyridine rings is 1. The second-order valence-electron chi connectivity index (χ2n) is 2.16. The highest BCUT2D eigenvalue weighted by Crippen LogP contribution is 2.29. The molecule has 60 valence electrons. The molecule has 0 bridgehead atoms. The largest absolute Gasteiger partial charge is 0.492 e. The molecule has 0 saturated heterocycles. The van der Waals surface area contributed by atoms with E-state index in [4.69, 9.17) is 10.5 Å². The Hall–Kier alpha value is -0.770. The lowest BCUT2D eigenvalue weighted by Gasteiger charge is -2.05. The van der Waals surface area contributed by atoms with Crippen molar-refractivity contribution in [2.24, 2.45) is 0 Å². The molecule has 11 heavy (non-hydrogen) atoms. The van der Waals surface area contributed by atoms with Crippen LogP contribution in [0.2, 0.25) is 0 Å². The van der Waals surface area contributed by atoms with Crippen LogP contribution in [0.3, 0.4) is 0 Å². The lowest BCUT2D eigenvalue weighted by molar-refractivity contribution is 0.412. The van der Waals surface area contributed by atoms with Gasteiger partial charge in [0.1, 0.15) is 0 Å². The molecule has 2 N–H and O–H groups in total. The molecule has 1 aromatic heterocycles. The maximum atomic E-state index is 5.57. The van der Waals surface area contributed by atoms with Crippen molar-refractivity contribution in [1.82, 2.24) is 4.98 Å². The molecule has 0 saturated carbocycles. The molecule has 0 aliphatic carbocycles. The van der Waals surface area contributed by atoms with Crippen LogP contribution in [0.1, 0.15) is 5.69 Å². The maximum Gasteiger partial charge on any atom is 0.175 e. The Labute approximate surface area is 73.7 Å². The van der Waals surface area contributed by atoms with Gasteiger partial charge in [-0.1, -0.05) is 0 Å². The first-order valence-electron chi connectivity index (χ1n) is 3.11. The minimum absolute atomic E-state index is 0.416. The molecule has 0 spiro atoms. The van der Waals surface area contributed by atoms with E-state index < -0.39 is 0 Å². The topological polar surface area (TPSA) is 48.1 Å². The number of nitrogens with two attached hydrogens (primary N) is 1. The molecule has 1 aromatic rings. The van der Waals surface area contributed by atoms with Crippen LogP contribution >= 0.6 is 15.9 Å². The van der Waals surface area contributed by atoms with E-state index in [1.54, 1.807) is 7.11 Å². The van der Waals surface area contributed by atoms with Gasteiger partial charge in [-0.2, -0.15) is 0 Å². The van der Waals surface area contributed by atoms with E-state index in [-0.39, 0.29) is 0 Å².